The molecular weight excluding hydrogens is 417 g/mol. The Balaban J connectivity index is 1.67. The summed E-state index contributed by atoms with van der Waals surface area (Å²) in [4.78, 5) is 17.0. The molecule has 0 fully saturated rings. The number of aryl methyl sites for hydroxylation is 3. The molecule has 0 spiro atoms. The van der Waals surface area contributed by atoms with E-state index in [-0.39, 0.29) is 4.83 Å². The van der Waals surface area contributed by atoms with Crippen LogP contribution in [0.2, 0.25) is 0 Å². The zero-order chi connectivity index (χ0) is 21.6. The topological polar surface area (TPSA) is 85.6 Å². The van der Waals surface area contributed by atoms with Gasteiger partial charge in [0.05, 0.1) is 10.6 Å². The Hall–Kier alpha value is -3.34. The molecule has 0 radical (unpaired) electrons. The van der Waals surface area contributed by atoms with Gasteiger partial charge in [-0.05, 0) is 66.6 Å². The number of nitrogens with one attached hydrogen (secondary N) is 1. The number of amides is 1. The van der Waals surface area contributed by atoms with E-state index in [0.717, 1.165) is 23.0 Å². The van der Waals surface area contributed by atoms with Crippen LogP contribution in [0.4, 0.5) is 18.9 Å². The van der Waals surface area contributed by atoms with Crippen molar-refractivity contribution in [3.8, 4) is 5.69 Å². The minimum atomic E-state index is -4.54. The van der Waals surface area contributed by atoms with Crippen LogP contribution in [0.5, 0.6) is 0 Å². The number of alkyl halides is 3. The number of anilines is 1. The monoisotopic (exact) mass is 432 g/mol. The number of carbonyl (C=O) groups excluding carboxylic acids is 1. The van der Waals surface area contributed by atoms with E-state index in [4.69, 9.17) is 0 Å². The van der Waals surface area contributed by atoms with Gasteiger partial charge in [0, 0.05) is 11.1 Å². The number of hydrogen-bond acceptors (Lipinski definition) is 6. The number of halogens is 3. The van der Waals surface area contributed by atoms with E-state index in [9.17, 15) is 18.0 Å². The molecule has 0 saturated carbocycles. The van der Waals surface area contributed by atoms with Crippen molar-refractivity contribution in [2.24, 2.45) is 0 Å². The van der Waals surface area contributed by atoms with Crippen molar-refractivity contribution in [3.63, 3.8) is 0 Å². The zero-order valence-corrected chi connectivity index (χ0v) is 16.9. The largest absolute Gasteiger partial charge is 0.433 e. The Labute approximate surface area is 172 Å². The molecule has 3 heterocycles. The van der Waals surface area contributed by atoms with Crippen molar-refractivity contribution >= 4 is 33.1 Å². The lowest BCUT2D eigenvalue weighted by atomic mass is 10.1. The fourth-order valence-electron chi connectivity index (χ4n) is 3.03. The number of tetrazole rings is 1. The molecule has 1 N–H and O–H groups in total. The molecule has 0 aliphatic rings. The Morgan fingerprint density at radius 1 is 1.13 bits per heavy atom. The Morgan fingerprint density at radius 2 is 1.90 bits per heavy atom. The van der Waals surface area contributed by atoms with Gasteiger partial charge in [-0.25, -0.2) is 4.98 Å². The predicted octanol–water partition coefficient (Wildman–Crippen LogP) is 4.47. The van der Waals surface area contributed by atoms with E-state index < -0.39 is 17.8 Å². The van der Waals surface area contributed by atoms with Crippen LogP contribution in [0.15, 0.2) is 30.3 Å². The Bertz CT molecular complexity index is 1280. The van der Waals surface area contributed by atoms with Crippen molar-refractivity contribution < 1.29 is 18.0 Å². The van der Waals surface area contributed by atoms with E-state index in [0.29, 0.717) is 33.0 Å². The summed E-state index contributed by atoms with van der Waals surface area (Å²) in [6, 6.07) is 7.56. The van der Waals surface area contributed by atoms with E-state index in [1.54, 1.807) is 30.7 Å². The van der Waals surface area contributed by atoms with E-state index in [1.807, 2.05) is 13.0 Å². The van der Waals surface area contributed by atoms with Gasteiger partial charge >= 0.3 is 6.18 Å². The summed E-state index contributed by atoms with van der Waals surface area (Å²) < 4.78 is 40.3. The third-order valence-electron chi connectivity index (χ3n) is 4.62. The molecule has 0 aliphatic heterocycles. The number of benzene rings is 1. The van der Waals surface area contributed by atoms with E-state index >= 15 is 0 Å². The molecular formula is C19H15F3N6OS. The predicted molar refractivity (Wildman–Crippen MR) is 106 cm³/mol. The number of thiophene rings is 1. The van der Waals surface area contributed by atoms with Crippen molar-refractivity contribution in [2.45, 2.75) is 26.9 Å². The molecule has 3 aromatic heterocycles. The summed E-state index contributed by atoms with van der Waals surface area (Å²) in [7, 11) is 0. The van der Waals surface area contributed by atoms with Crippen LogP contribution in [-0.4, -0.2) is 31.1 Å². The average Bonchev–Trinajstić information content (AvgIpc) is 3.25. The number of nitrogens with zero attached hydrogens (tertiary/aromatic N) is 5. The number of aromatic nitrogens is 5. The lowest BCUT2D eigenvalue weighted by molar-refractivity contribution is -0.140. The summed E-state index contributed by atoms with van der Waals surface area (Å²) in [6.45, 7) is 5.34. The fourth-order valence-corrected chi connectivity index (χ4v) is 4.11. The highest BCUT2D eigenvalue weighted by atomic mass is 32.1. The molecule has 0 atom stereocenters. The average molecular weight is 432 g/mol. The summed E-state index contributed by atoms with van der Waals surface area (Å²) in [5, 5.41) is 14.7. The number of carbonyl (C=O) groups is 1. The molecule has 0 aliphatic carbocycles. The lowest BCUT2D eigenvalue weighted by Crippen LogP contribution is -2.12. The molecule has 0 saturated heterocycles. The second kappa shape index (κ2) is 7.17. The SMILES string of the molecule is Cc1ccc(NC(=O)c2sc3nc(C(F)(F)F)ccc3c2C)cc1-n1nnnc1C. The molecule has 30 heavy (non-hydrogen) atoms. The number of pyridine rings is 1. The highest BCUT2D eigenvalue weighted by molar-refractivity contribution is 7.20. The number of fused-ring (bicyclic) bond motifs is 1. The first-order valence-corrected chi connectivity index (χ1v) is 9.61. The van der Waals surface area contributed by atoms with Crippen LogP contribution in [0, 0.1) is 20.8 Å². The maximum atomic E-state index is 12.9. The lowest BCUT2D eigenvalue weighted by Gasteiger charge is -2.10. The van der Waals surface area contributed by atoms with Gasteiger partial charge in [-0.2, -0.15) is 17.9 Å². The first kappa shape index (κ1) is 20.0. The number of rotatable bonds is 3. The van der Waals surface area contributed by atoms with Crippen LogP contribution in [0.1, 0.15) is 32.3 Å². The standard InChI is InChI=1S/C19H15F3N6OS/c1-9-4-5-12(8-14(9)28-11(3)25-26-27-28)23-17(29)16-10(2)13-6-7-15(19(20,21)22)24-18(13)30-16/h4-8H,1-3H3,(H,23,29). The van der Waals surface area contributed by atoms with Gasteiger partial charge in [0.2, 0.25) is 0 Å². The molecule has 4 aromatic rings. The maximum absolute atomic E-state index is 12.9. The van der Waals surface area contributed by atoms with Crippen molar-refractivity contribution in [3.05, 3.63) is 57.9 Å². The van der Waals surface area contributed by atoms with E-state index in [1.165, 1.54) is 6.07 Å². The van der Waals surface area contributed by atoms with Crippen LogP contribution in [-0.2, 0) is 6.18 Å². The first-order chi connectivity index (χ1) is 14.1. The van der Waals surface area contributed by atoms with Gasteiger partial charge in [0.15, 0.2) is 5.82 Å². The smallest absolute Gasteiger partial charge is 0.321 e. The third kappa shape index (κ3) is 3.52. The van der Waals surface area contributed by atoms with Gasteiger partial charge < -0.3 is 5.32 Å². The maximum Gasteiger partial charge on any atom is 0.433 e. The van der Waals surface area contributed by atoms with E-state index in [2.05, 4.69) is 25.8 Å². The Morgan fingerprint density at radius 3 is 2.57 bits per heavy atom. The van der Waals surface area contributed by atoms with Gasteiger partial charge in [-0.3, -0.25) is 4.79 Å². The molecule has 1 amide bonds. The van der Waals surface area contributed by atoms with Crippen molar-refractivity contribution in [1.29, 1.82) is 0 Å². The fraction of sp³-hybridized carbons (Fsp3) is 0.211. The highest BCUT2D eigenvalue weighted by Crippen LogP contribution is 2.34. The molecule has 4 rings (SSSR count). The molecule has 1 aromatic carbocycles. The van der Waals surface area contributed by atoms with Crippen molar-refractivity contribution in [1.82, 2.24) is 25.2 Å². The highest BCUT2D eigenvalue weighted by Gasteiger charge is 2.33. The minimum Gasteiger partial charge on any atom is -0.321 e. The second-order valence-corrected chi connectivity index (χ2v) is 7.70. The van der Waals surface area contributed by atoms with Crippen LogP contribution < -0.4 is 5.32 Å². The van der Waals surface area contributed by atoms with Gasteiger partial charge in [0.25, 0.3) is 5.91 Å². The zero-order valence-electron chi connectivity index (χ0n) is 16.1. The summed E-state index contributed by atoms with van der Waals surface area (Å²) in [6.07, 6.45) is -4.54. The van der Waals surface area contributed by atoms with Gasteiger partial charge in [-0.15, -0.1) is 16.4 Å². The molecule has 0 bridgehead atoms. The van der Waals surface area contributed by atoms with Crippen LogP contribution in [0.3, 0.4) is 0 Å². The molecule has 7 nitrogen and oxygen atoms in total. The Kier molecular flexibility index (Phi) is 4.77. The number of hydrogen-bond donors (Lipinski definition) is 1. The van der Waals surface area contributed by atoms with Gasteiger partial charge in [0.1, 0.15) is 10.5 Å². The first-order valence-electron chi connectivity index (χ1n) is 8.80. The molecule has 11 heteroatoms. The molecule has 0 unspecified atom stereocenters. The third-order valence-corrected chi connectivity index (χ3v) is 5.82. The second-order valence-electron chi connectivity index (χ2n) is 6.70. The molecule has 154 valence electrons. The summed E-state index contributed by atoms with van der Waals surface area (Å²) in [5.74, 6) is 0.167. The summed E-state index contributed by atoms with van der Waals surface area (Å²) >= 11 is 0.928. The quantitative estimate of drug-likeness (QED) is 0.516. The normalized spacial score (nSPS) is 11.8. The van der Waals surface area contributed by atoms with Crippen LogP contribution >= 0.6 is 11.3 Å². The van der Waals surface area contributed by atoms with Crippen molar-refractivity contribution in [2.75, 3.05) is 5.32 Å². The summed E-state index contributed by atoms with van der Waals surface area (Å²) in [5.41, 5.74) is 1.72. The minimum absolute atomic E-state index is 0.168. The van der Waals surface area contributed by atoms with Gasteiger partial charge in [-0.1, -0.05) is 6.07 Å². The van der Waals surface area contributed by atoms with Crippen LogP contribution in [0.25, 0.3) is 15.9 Å².